The number of hydrogen-bond acceptors (Lipinski definition) is 6. The van der Waals surface area contributed by atoms with Crippen LogP contribution in [-0.2, 0) is 4.79 Å². The number of ether oxygens (including phenoxy) is 3. The Morgan fingerprint density at radius 1 is 0.921 bits per heavy atom. The van der Waals surface area contributed by atoms with Crippen LogP contribution in [0.3, 0.4) is 0 Å². The Bertz CT molecular complexity index is 1030. The topological polar surface area (TPSA) is 89.5 Å². The number of hydrogen-bond donors (Lipinski definition) is 1. The Morgan fingerprint density at radius 3 is 2.18 bits per heavy atom. The molecule has 0 unspecified atom stereocenters. The van der Waals surface area contributed by atoms with Gasteiger partial charge in [0.05, 0.1) is 26.5 Å². The molecule has 8 heteroatoms. The second-order valence-electron chi connectivity index (χ2n) is 9.64. The molecule has 2 rings (SSSR count). The first kappa shape index (κ1) is 30.7. The third-order valence-corrected chi connectivity index (χ3v) is 5.83. The van der Waals surface area contributed by atoms with Crippen molar-refractivity contribution in [3.8, 4) is 17.2 Å². The summed E-state index contributed by atoms with van der Waals surface area (Å²) in [4.78, 5) is 26.2. The number of rotatable bonds is 16. The Balaban J connectivity index is 1.72. The van der Waals surface area contributed by atoms with Gasteiger partial charge in [0.1, 0.15) is 5.75 Å². The third-order valence-electron chi connectivity index (χ3n) is 5.83. The van der Waals surface area contributed by atoms with Gasteiger partial charge in [-0.2, -0.15) is 5.10 Å². The van der Waals surface area contributed by atoms with Gasteiger partial charge in [-0.3, -0.25) is 9.59 Å². The van der Waals surface area contributed by atoms with Crippen LogP contribution in [0.15, 0.2) is 47.6 Å². The number of amides is 2. The fourth-order valence-electron chi connectivity index (χ4n) is 4.00. The SMILES string of the molecule is CCCC(=O)NN=Cc1ccc(OCCCCCOc2ccc(C(=O)N(C(C)C)C(C)C)cc2OC)cc1. The monoisotopic (exact) mass is 525 g/mol. The summed E-state index contributed by atoms with van der Waals surface area (Å²) in [5.41, 5.74) is 3.98. The summed E-state index contributed by atoms with van der Waals surface area (Å²) in [6, 6.07) is 13.1. The van der Waals surface area contributed by atoms with Crippen molar-refractivity contribution in [3.05, 3.63) is 53.6 Å². The van der Waals surface area contributed by atoms with Crippen molar-refractivity contribution in [3.63, 3.8) is 0 Å². The van der Waals surface area contributed by atoms with E-state index in [-0.39, 0.29) is 23.9 Å². The van der Waals surface area contributed by atoms with Gasteiger partial charge in [-0.05, 0) is 101 Å². The van der Waals surface area contributed by atoms with E-state index < -0.39 is 0 Å². The average molecular weight is 526 g/mol. The van der Waals surface area contributed by atoms with Crippen LogP contribution in [0.2, 0.25) is 0 Å². The summed E-state index contributed by atoms with van der Waals surface area (Å²) in [7, 11) is 1.58. The maximum Gasteiger partial charge on any atom is 0.254 e. The maximum atomic E-state index is 13.0. The third kappa shape index (κ3) is 10.1. The number of benzene rings is 2. The number of nitrogens with one attached hydrogen (secondary N) is 1. The number of nitrogens with zero attached hydrogens (tertiary/aromatic N) is 2. The summed E-state index contributed by atoms with van der Waals surface area (Å²) in [6.07, 6.45) is 5.61. The van der Waals surface area contributed by atoms with E-state index >= 15 is 0 Å². The van der Waals surface area contributed by atoms with Gasteiger partial charge in [-0.1, -0.05) is 6.92 Å². The highest BCUT2D eigenvalue weighted by atomic mass is 16.5. The lowest BCUT2D eigenvalue weighted by Gasteiger charge is -2.31. The van der Waals surface area contributed by atoms with E-state index in [9.17, 15) is 9.59 Å². The van der Waals surface area contributed by atoms with Crippen LogP contribution in [0, 0.1) is 0 Å². The molecule has 0 radical (unpaired) electrons. The molecule has 0 bridgehead atoms. The minimum atomic E-state index is -0.0853. The summed E-state index contributed by atoms with van der Waals surface area (Å²) < 4.78 is 17.2. The number of methoxy groups -OCH3 is 1. The van der Waals surface area contributed by atoms with E-state index in [1.165, 1.54) is 0 Å². The lowest BCUT2D eigenvalue weighted by Crippen LogP contribution is -2.42. The molecule has 0 spiro atoms. The van der Waals surface area contributed by atoms with Gasteiger partial charge in [-0.25, -0.2) is 5.43 Å². The first-order chi connectivity index (χ1) is 18.3. The predicted octanol–water partition coefficient (Wildman–Crippen LogP) is 5.83. The highest BCUT2D eigenvalue weighted by Crippen LogP contribution is 2.29. The number of unbranched alkanes of at least 4 members (excludes halogenated alkanes) is 2. The average Bonchev–Trinajstić information content (AvgIpc) is 2.88. The molecule has 0 saturated heterocycles. The van der Waals surface area contributed by atoms with E-state index in [2.05, 4.69) is 10.5 Å². The van der Waals surface area contributed by atoms with Crippen LogP contribution >= 0.6 is 0 Å². The Labute approximate surface area is 227 Å². The fraction of sp³-hybridized carbons (Fsp3) is 0.500. The molecule has 2 aromatic carbocycles. The maximum absolute atomic E-state index is 13.0. The first-order valence-corrected chi connectivity index (χ1v) is 13.4. The molecule has 0 atom stereocenters. The number of carbonyl (C=O) groups is 2. The first-order valence-electron chi connectivity index (χ1n) is 13.4. The minimum Gasteiger partial charge on any atom is -0.494 e. The molecular formula is C30H43N3O5. The summed E-state index contributed by atoms with van der Waals surface area (Å²) in [5, 5.41) is 3.96. The van der Waals surface area contributed by atoms with Gasteiger partial charge in [0, 0.05) is 24.1 Å². The molecule has 1 N–H and O–H groups in total. The van der Waals surface area contributed by atoms with Crippen molar-refractivity contribution in [2.24, 2.45) is 5.10 Å². The normalized spacial score (nSPS) is 11.2. The summed E-state index contributed by atoms with van der Waals surface area (Å²) in [5.74, 6) is 1.88. The molecular weight excluding hydrogens is 482 g/mol. The highest BCUT2D eigenvalue weighted by Gasteiger charge is 2.22. The van der Waals surface area contributed by atoms with Crippen molar-refractivity contribution in [2.45, 2.75) is 78.8 Å². The fourth-order valence-corrected chi connectivity index (χ4v) is 4.00. The number of hydrazone groups is 1. The largest absolute Gasteiger partial charge is 0.494 e. The molecule has 0 saturated carbocycles. The van der Waals surface area contributed by atoms with Gasteiger partial charge in [0.15, 0.2) is 11.5 Å². The molecule has 2 amide bonds. The van der Waals surface area contributed by atoms with Crippen LogP contribution in [-0.4, -0.2) is 55.3 Å². The Kier molecular flexibility index (Phi) is 13.2. The molecule has 0 aromatic heterocycles. The number of carbonyl (C=O) groups excluding carboxylic acids is 2. The van der Waals surface area contributed by atoms with Crippen LogP contribution in [0.25, 0.3) is 0 Å². The quantitative estimate of drug-likeness (QED) is 0.169. The smallest absolute Gasteiger partial charge is 0.254 e. The predicted molar refractivity (Wildman–Crippen MR) is 151 cm³/mol. The Hall–Kier alpha value is -3.55. The van der Waals surface area contributed by atoms with Crippen LogP contribution in [0.4, 0.5) is 0 Å². The van der Waals surface area contributed by atoms with Gasteiger partial charge >= 0.3 is 0 Å². The zero-order valence-corrected chi connectivity index (χ0v) is 23.7. The standard InChI is InChI=1S/C30H43N3O5/c1-7-11-29(34)32-31-21-24-12-15-26(16-13-24)37-18-9-8-10-19-38-27-17-14-25(20-28(27)36-6)30(35)33(22(2)3)23(4)5/h12-17,20-23H,7-11,18-19H2,1-6H3,(H,32,34). The molecule has 38 heavy (non-hydrogen) atoms. The van der Waals surface area contributed by atoms with E-state index in [1.54, 1.807) is 25.5 Å². The lowest BCUT2D eigenvalue weighted by atomic mass is 10.1. The second kappa shape index (κ2) is 16.3. The van der Waals surface area contributed by atoms with Gasteiger partial charge in [0.2, 0.25) is 5.91 Å². The van der Waals surface area contributed by atoms with Crippen molar-refractivity contribution in [2.75, 3.05) is 20.3 Å². The van der Waals surface area contributed by atoms with E-state index in [0.29, 0.717) is 36.7 Å². The molecule has 208 valence electrons. The molecule has 0 fully saturated rings. The molecule has 0 aliphatic carbocycles. The van der Waals surface area contributed by atoms with Gasteiger partial charge in [-0.15, -0.1) is 0 Å². The van der Waals surface area contributed by atoms with Crippen molar-refractivity contribution in [1.82, 2.24) is 10.3 Å². The van der Waals surface area contributed by atoms with E-state index in [1.807, 2.05) is 69.9 Å². The van der Waals surface area contributed by atoms with E-state index in [0.717, 1.165) is 37.0 Å². The molecule has 8 nitrogen and oxygen atoms in total. The highest BCUT2D eigenvalue weighted by molar-refractivity contribution is 5.95. The van der Waals surface area contributed by atoms with E-state index in [4.69, 9.17) is 14.2 Å². The van der Waals surface area contributed by atoms with Crippen molar-refractivity contribution < 1.29 is 23.8 Å². The van der Waals surface area contributed by atoms with Gasteiger partial charge < -0.3 is 19.1 Å². The summed E-state index contributed by atoms with van der Waals surface area (Å²) in [6.45, 7) is 11.2. The zero-order chi connectivity index (χ0) is 27.9. The van der Waals surface area contributed by atoms with Crippen LogP contribution in [0.5, 0.6) is 17.2 Å². The second-order valence-corrected chi connectivity index (χ2v) is 9.64. The zero-order valence-electron chi connectivity index (χ0n) is 23.7. The molecule has 0 aliphatic rings. The van der Waals surface area contributed by atoms with Crippen molar-refractivity contribution in [1.29, 1.82) is 0 Å². The molecule has 0 aliphatic heterocycles. The van der Waals surface area contributed by atoms with Crippen LogP contribution < -0.4 is 19.6 Å². The lowest BCUT2D eigenvalue weighted by molar-refractivity contribution is -0.121. The Morgan fingerprint density at radius 2 is 1.58 bits per heavy atom. The van der Waals surface area contributed by atoms with Crippen LogP contribution in [0.1, 0.15) is 82.6 Å². The van der Waals surface area contributed by atoms with Crippen molar-refractivity contribution >= 4 is 18.0 Å². The summed E-state index contributed by atoms with van der Waals surface area (Å²) >= 11 is 0. The molecule has 0 heterocycles. The molecule has 2 aromatic rings. The minimum absolute atomic E-state index is 0.0153. The van der Waals surface area contributed by atoms with Gasteiger partial charge in [0.25, 0.3) is 5.91 Å².